The summed E-state index contributed by atoms with van der Waals surface area (Å²) in [6.07, 6.45) is 0.444. The minimum absolute atomic E-state index is 0.0161. The number of piperidine rings is 1. The average molecular weight is 618 g/mol. The molecule has 0 aromatic carbocycles. The molecule has 2 saturated heterocycles. The predicted molar refractivity (Wildman–Crippen MR) is 145 cm³/mol. The van der Waals surface area contributed by atoms with Gasteiger partial charge in [-0.2, -0.15) is 23.5 Å². The Hall–Kier alpha value is -3.51. The molecule has 1 N–H and O–H groups in total. The largest absolute Gasteiger partial charge is 0.443 e. The number of halogens is 3. The first-order valence-corrected chi connectivity index (χ1v) is 15.5. The number of likely N-dealkylation sites (N-methyl/N-ethyl adjacent to an activating group) is 1. The van der Waals surface area contributed by atoms with E-state index in [1.807, 2.05) is 0 Å². The molecule has 4 fully saturated rings. The molecule has 2 aromatic rings. The van der Waals surface area contributed by atoms with Crippen molar-refractivity contribution in [1.82, 2.24) is 25.0 Å². The van der Waals surface area contributed by atoms with Gasteiger partial charge >= 0.3 is 6.18 Å². The number of aromatic nitrogens is 3. The van der Waals surface area contributed by atoms with Crippen LogP contribution in [0.3, 0.4) is 0 Å². The predicted octanol–water partition coefficient (Wildman–Crippen LogP) is 3.50. The molecular weight excluding hydrogens is 587 g/mol. The lowest BCUT2D eigenvalue weighted by atomic mass is 9.82. The summed E-state index contributed by atoms with van der Waals surface area (Å²) in [5.74, 6) is -1.38. The monoisotopic (exact) mass is 617 g/mol. The molecule has 228 valence electrons. The van der Waals surface area contributed by atoms with Gasteiger partial charge in [0, 0.05) is 37.3 Å². The standard InChI is InChI=1S/C28H30F3N7O4S/c1-2-36-24-20(19(13-3-4-13)21(25(36)40)34-23(39)18-12-33-27(43-18)28(29,30)31)22(35-38(24)15-5-7-42-8-6-15)26(41)37-16(11-32)9-14-10-17(14)37/h12-17,19,21H,2-10H2,1H3,(H,34,39)/t14-,16-,17+,19-,21-/m0/s1. The Morgan fingerprint density at radius 2 is 1.93 bits per heavy atom. The Morgan fingerprint density at radius 3 is 2.56 bits per heavy atom. The number of carbonyl (C=O) groups is 3. The average Bonchev–Trinajstić information content (AvgIpc) is 3.83. The molecule has 43 heavy (non-hydrogen) atoms. The molecule has 2 aromatic heterocycles. The maximum absolute atomic E-state index is 14.3. The van der Waals surface area contributed by atoms with Crippen molar-refractivity contribution in [1.29, 1.82) is 5.26 Å². The quantitative estimate of drug-likeness (QED) is 0.525. The van der Waals surface area contributed by atoms with Gasteiger partial charge in [-0.3, -0.25) is 19.3 Å². The Kier molecular flexibility index (Phi) is 6.77. The molecular formula is C28H30F3N7O4S. The topological polar surface area (TPSA) is 133 Å². The minimum atomic E-state index is -4.69. The van der Waals surface area contributed by atoms with Gasteiger partial charge in [0.2, 0.25) is 0 Å². The first kappa shape index (κ1) is 28.3. The fourth-order valence-corrected chi connectivity index (χ4v) is 7.76. The number of hydrogen-bond acceptors (Lipinski definition) is 8. The van der Waals surface area contributed by atoms with Crippen molar-refractivity contribution in [3.8, 4) is 6.07 Å². The summed E-state index contributed by atoms with van der Waals surface area (Å²) in [5, 5.41) is 16.3. The molecule has 2 aliphatic carbocycles. The molecule has 7 rings (SSSR count). The SMILES string of the molecule is CCN1C(=O)[C@@H](NC(=O)c2cnc(C(F)(F)F)s2)[C@@H](C2CC2)c2c(C(=O)N3[C@H](C#N)C[C@H]4C[C@H]43)nn(C3CCOCC3)c21. The van der Waals surface area contributed by atoms with Crippen molar-refractivity contribution in [3.63, 3.8) is 0 Å². The van der Waals surface area contributed by atoms with E-state index in [4.69, 9.17) is 9.84 Å². The second-order valence-electron chi connectivity index (χ2n) is 12.0. The Morgan fingerprint density at radius 1 is 1.19 bits per heavy atom. The zero-order chi connectivity index (χ0) is 30.2. The van der Waals surface area contributed by atoms with E-state index in [2.05, 4.69) is 16.4 Å². The fourth-order valence-electron chi connectivity index (χ4n) is 7.08. The number of alkyl halides is 3. The van der Waals surface area contributed by atoms with Gasteiger partial charge in [0.1, 0.15) is 22.8 Å². The molecule has 5 aliphatic rings. The summed E-state index contributed by atoms with van der Waals surface area (Å²) >= 11 is 0.218. The van der Waals surface area contributed by atoms with Crippen LogP contribution in [0.2, 0.25) is 0 Å². The summed E-state index contributed by atoms with van der Waals surface area (Å²) in [6.45, 7) is 3.04. The maximum atomic E-state index is 14.3. The fraction of sp³-hybridized carbons (Fsp3) is 0.643. The van der Waals surface area contributed by atoms with Gasteiger partial charge in [-0.25, -0.2) is 9.67 Å². The van der Waals surface area contributed by atoms with Crippen molar-refractivity contribution < 1.29 is 32.3 Å². The highest BCUT2D eigenvalue weighted by Crippen LogP contribution is 2.53. The lowest BCUT2D eigenvalue weighted by Crippen LogP contribution is -2.56. The number of fused-ring (bicyclic) bond motifs is 2. The third-order valence-corrected chi connectivity index (χ3v) is 10.4. The maximum Gasteiger partial charge on any atom is 0.443 e. The third-order valence-electron chi connectivity index (χ3n) is 9.33. The minimum Gasteiger partial charge on any atom is -0.381 e. The molecule has 0 unspecified atom stereocenters. The number of anilines is 1. The number of likely N-dealkylation sites (tertiary alicyclic amines) is 1. The molecule has 3 aliphatic heterocycles. The molecule has 2 saturated carbocycles. The van der Waals surface area contributed by atoms with Gasteiger partial charge in [-0.05, 0) is 57.3 Å². The van der Waals surface area contributed by atoms with Crippen LogP contribution in [-0.2, 0) is 15.7 Å². The van der Waals surface area contributed by atoms with E-state index in [9.17, 15) is 32.8 Å². The van der Waals surface area contributed by atoms with E-state index in [0.717, 1.165) is 25.5 Å². The number of amides is 3. The smallest absolute Gasteiger partial charge is 0.381 e. The zero-order valence-electron chi connectivity index (χ0n) is 23.3. The Balaban J connectivity index is 1.32. The van der Waals surface area contributed by atoms with Crippen molar-refractivity contribution in [2.75, 3.05) is 24.7 Å². The number of ether oxygens (including phenoxy) is 1. The third kappa shape index (κ3) is 4.69. The van der Waals surface area contributed by atoms with Crippen LogP contribution in [0.5, 0.6) is 0 Å². The van der Waals surface area contributed by atoms with E-state index in [1.165, 1.54) is 4.90 Å². The van der Waals surface area contributed by atoms with Gasteiger partial charge in [-0.15, -0.1) is 11.3 Å². The van der Waals surface area contributed by atoms with E-state index in [1.54, 1.807) is 16.5 Å². The van der Waals surface area contributed by atoms with Gasteiger partial charge in [0.25, 0.3) is 17.7 Å². The molecule has 0 spiro atoms. The molecule has 11 nitrogen and oxygen atoms in total. The zero-order valence-corrected chi connectivity index (χ0v) is 24.2. The van der Waals surface area contributed by atoms with Crippen LogP contribution in [-0.4, -0.2) is 75.3 Å². The normalized spacial score (nSPS) is 28.8. The van der Waals surface area contributed by atoms with Crippen LogP contribution in [0.1, 0.15) is 88.1 Å². The first-order valence-electron chi connectivity index (χ1n) is 14.7. The lowest BCUT2D eigenvalue weighted by Gasteiger charge is -2.39. The Labute approximate surface area is 249 Å². The summed E-state index contributed by atoms with van der Waals surface area (Å²) in [6, 6.07) is 0.461. The van der Waals surface area contributed by atoms with Gasteiger partial charge in [0.15, 0.2) is 10.7 Å². The first-order chi connectivity index (χ1) is 20.6. The summed E-state index contributed by atoms with van der Waals surface area (Å²) in [7, 11) is 0. The highest BCUT2D eigenvalue weighted by molar-refractivity contribution is 7.13. The van der Waals surface area contributed by atoms with E-state index < -0.39 is 41.0 Å². The highest BCUT2D eigenvalue weighted by atomic mass is 32.1. The lowest BCUT2D eigenvalue weighted by molar-refractivity contribution is -0.137. The molecule has 15 heteroatoms. The van der Waals surface area contributed by atoms with Crippen molar-refractivity contribution in [2.24, 2.45) is 11.8 Å². The van der Waals surface area contributed by atoms with Crippen molar-refractivity contribution in [3.05, 3.63) is 27.3 Å². The van der Waals surface area contributed by atoms with E-state index in [-0.39, 0.29) is 52.4 Å². The highest BCUT2D eigenvalue weighted by Gasteiger charge is 2.57. The molecule has 0 bridgehead atoms. The molecule has 0 radical (unpaired) electrons. The van der Waals surface area contributed by atoms with Gasteiger partial charge in [-0.1, -0.05) is 0 Å². The number of nitrogens with one attached hydrogen (secondary N) is 1. The van der Waals surface area contributed by atoms with Crippen molar-refractivity contribution in [2.45, 2.75) is 81.7 Å². The van der Waals surface area contributed by atoms with Crippen LogP contribution in [0, 0.1) is 23.2 Å². The number of hydrogen-bond donors (Lipinski definition) is 1. The number of nitriles is 1. The summed E-state index contributed by atoms with van der Waals surface area (Å²) < 4.78 is 46.9. The number of carbonyl (C=O) groups excluding carboxylic acids is 3. The van der Waals surface area contributed by atoms with Crippen LogP contribution in [0.25, 0.3) is 0 Å². The van der Waals surface area contributed by atoms with Crippen LogP contribution < -0.4 is 10.2 Å². The van der Waals surface area contributed by atoms with Crippen LogP contribution in [0.15, 0.2) is 6.20 Å². The molecule has 5 heterocycles. The molecule has 3 amide bonds. The van der Waals surface area contributed by atoms with E-state index >= 15 is 0 Å². The van der Waals surface area contributed by atoms with Crippen molar-refractivity contribution >= 4 is 34.9 Å². The second-order valence-corrected chi connectivity index (χ2v) is 13.0. The number of thiazole rings is 1. The number of rotatable bonds is 6. The van der Waals surface area contributed by atoms with Gasteiger partial charge in [0.05, 0.1) is 18.3 Å². The number of nitrogens with zero attached hydrogens (tertiary/aromatic N) is 6. The molecule has 5 atom stereocenters. The van der Waals surface area contributed by atoms with Crippen LogP contribution >= 0.6 is 11.3 Å². The van der Waals surface area contributed by atoms with E-state index in [0.29, 0.717) is 49.8 Å². The summed E-state index contributed by atoms with van der Waals surface area (Å²) in [5.41, 5.74) is 0.764. The van der Waals surface area contributed by atoms with Crippen LogP contribution in [0.4, 0.5) is 19.0 Å². The second kappa shape index (κ2) is 10.3. The summed E-state index contributed by atoms with van der Waals surface area (Å²) in [4.78, 5) is 48.0. The Bertz CT molecular complexity index is 1520. The van der Waals surface area contributed by atoms with Gasteiger partial charge < -0.3 is 15.0 Å².